The molecule has 6 nitrogen and oxygen atoms in total. The molecule has 3 heterocycles. The van der Waals surface area contributed by atoms with E-state index in [1.54, 1.807) is 12.3 Å². The van der Waals surface area contributed by atoms with Gasteiger partial charge in [0, 0.05) is 18.1 Å². The van der Waals surface area contributed by atoms with E-state index in [0.717, 1.165) is 29.1 Å². The van der Waals surface area contributed by atoms with Gasteiger partial charge in [0.05, 0.1) is 22.6 Å². The van der Waals surface area contributed by atoms with E-state index < -0.39 is 0 Å². The fourth-order valence-corrected chi connectivity index (χ4v) is 4.08. The van der Waals surface area contributed by atoms with E-state index in [-0.39, 0.29) is 22.8 Å². The lowest BCUT2D eigenvalue weighted by atomic mass is 10.1. The highest BCUT2D eigenvalue weighted by Crippen LogP contribution is 2.24. The van der Waals surface area contributed by atoms with Crippen molar-refractivity contribution in [3.63, 3.8) is 0 Å². The van der Waals surface area contributed by atoms with E-state index in [9.17, 15) is 9.59 Å². The molecule has 0 saturated heterocycles. The van der Waals surface area contributed by atoms with Crippen LogP contribution in [0.1, 0.15) is 46.3 Å². The number of hydrogen-bond donors (Lipinski definition) is 1. The number of rotatable bonds is 4. The Bertz CT molecular complexity index is 1040. The molecular formula is C18H18N4O2S. The van der Waals surface area contributed by atoms with Crippen molar-refractivity contribution >= 4 is 28.3 Å². The number of hydrogen-bond acceptors (Lipinski definition) is 5. The Labute approximate surface area is 148 Å². The standard InChI is InChI=1S/C18H18N4O2S/c1-10(2)15-14(25-21-20-15)8-19-18(24)13-9-22-7-6-11-4-3-5-12(16(11)22)17(13)23/h3-5,9-10H,6-8H2,1-2H3,(H,19,24). The first kappa shape index (κ1) is 16.0. The van der Waals surface area contributed by atoms with Crippen LogP contribution in [0.2, 0.25) is 0 Å². The van der Waals surface area contributed by atoms with Gasteiger partial charge in [-0.15, -0.1) is 5.10 Å². The Morgan fingerprint density at radius 3 is 3.04 bits per heavy atom. The average Bonchev–Trinajstić information content (AvgIpc) is 3.23. The molecule has 7 heteroatoms. The second-order valence-electron chi connectivity index (χ2n) is 6.55. The Morgan fingerprint density at radius 2 is 2.24 bits per heavy atom. The number of aryl methyl sites for hydroxylation is 2. The topological polar surface area (TPSA) is 76.9 Å². The minimum Gasteiger partial charge on any atom is -0.347 e. The lowest BCUT2D eigenvalue weighted by Gasteiger charge is -2.09. The first-order chi connectivity index (χ1) is 12.1. The maximum Gasteiger partial charge on any atom is 0.257 e. The second kappa shape index (κ2) is 6.07. The van der Waals surface area contributed by atoms with Gasteiger partial charge in [-0.3, -0.25) is 9.59 Å². The summed E-state index contributed by atoms with van der Waals surface area (Å²) in [4.78, 5) is 26.3. The summed E-state index contributed by atoms with van der Waals surface area (Å²) >= 11 is 1.28. The molecule has 0 unspecified atom stereocenters. The molecule has 0 saturated carbocycles. The third-order valence-electron chi connectivity index (χ3n) is 4.59. The number of amides is 1. The highest BCUT2D eigenvalue weighted by molar-refractivity contribution is 7.05. The highest BCUT2D eigenvalue weighted by atomic mass is 32.1. The molecule has 0 bridgehead atoms. The first-order valence-corrected chi connectivity index (χ1v) is 9.08. The molecule has 1 aliphatic rings. The van der Waals surface area contributed by atoms with E-state index >= 15 is 0 Å². The van der Waals surface area contributed by atoms with Crippen molar-refractivity contribution in [2.24, 2.45) is 0 Å². The molecule has 1 amide bonds. The normalized spacial score (nSPS) is 12.9. The van der Waals surface area contributed by atoms with Gasteiger partial charge in [-0.2, -0.15) is 0 Å². The number of pyridine rings is 1. The largest absolute Gasteiger partial charge is 0.347 e. The SMILES string of the molecule is CC(C)c1nnsc1CNC(=O)c1cn2c3c(cccc3c1=O)CC2. The molecule has 0 radical (unpaired) electrons. The van der Waals surface area contributed by atoms with Crippen LogP contribution in [0.25, 0.3) is 10.9 Å². The van der Waals surface area contributed by atoms with Crippen LogP contribution in [-0.4, -0.2) is 20.1 Å². The number of benzene rings is 1. The van der Waals surface area contributed by atoms with Crippen molar-refractivity contribution < 1.29 is 4.79 Å². The number of carbonyl (C=O) groups excluding carboxylic acids is 1. The zero-order chi connectivity index (χ0) is 17.6. The van der Waals surface area contributed by atoms with Gasteiger partial charge >= 0.3 is 0 Å². The summed E-state index contributed by atoms with van der Waals surface area (Å²) in [5, 5.41) is 7.57. The minimum absolute atomic E-state index is 0.190. The molecule has 25 heavy (non-hydrogen) atoms. The van der Waals surface area contributed by atoms with Crippen LogP contribution >= 0.6 is 11.5 Å². The van der Waals surface area contributed by atoms with Gasteiger partial charge in [-0.25, -0.2) is 0 Å². The van der Waals surface area contributed by atoms with Crippen molar-refractivity contribution in [3.05, 3.63) is 56.3 Å². The third-order valence-corrected chi connectivity index (χ3v) is 5.33. The van der Waals surface area contributed by atoms with Crippen molar-refractivity contribution in [2.45, 2.75) is 39.3 Å². The smallest absolute Gasteiger partial charge is 0.257 e. The van der Waals surface area contributed by atoms with Gasteiger partial charge < -0.3 is 9.88 Å². The van der Waals surface area contributed by atoms with Crippen LogP contribution in [-0.2, 0) is 19.5 Å². The molecule has 0 aliphatic carbocycles. The fraction of sp³-hybridized carbons (Fsp3) is 0.333. The van der Waals surface area contributed by atoms with Crippen LogP contribution in [0.15, 0.2) is 29.2 Å². The summed E-state index contributed by atoms with van der Waals surface area (Å²) in [5.41, 5.74) is 2.99. The summed E-state index contributed by atoms with van der Waals surface area (Å²) in [7, 11) is 0. The third kappa shape index (κ3) is 2.64. The predicted octanol–water partition coefficient (Wildman–Crippen LogP) is 2.46. The van der Waals surface area contributed by atoms with Gasteiger partial charge in [0.25, 0.3) is 5.91 Å². The molecule has 1 aliphatic heterocycles. The summed E-state index contributed by atoms with van der Waals surface area (Å²) in [6, 6.07) is 5.72. The maximum atomic E-state index is 12.7. The molecule has 0 spiro atoms. The second-order valence-corrected chi connectivity index (χ2v) is 7.39. The van der Waals surface area contributed by atoms with Gasteiger partial charge in [0.2, 0.25) is 5.43 Å². The summed E-state index contributed by atoms with van der Waals surface area (Å²) in [6.45, 7) is 5.21. The van der Waals surface area contributed by atoms with E-state index in [1.165, 1.54) is 17.1 Å². The van der Waals surface area contributed by atoms with E-state index in [1.807, 2.05) is 30.5 Å². The maximum absolute atomic E-state index is 12.7. The monoisotopic (exact) mass is 354 g/mol. The zero-order valence-corrected chi connectivity index (χ0v) is 14.9. The molecular weight excluding hydrogens is 336 g/mol. The molecule has 1 N–H and O–H groups in total. The van der Waals surface area contributed by atoms with Crippen LogP contribution in [0, 0.1) is 0 Å². The van der Waals surface area contributed by atoms with Crippen molar-refractivity contribution in [2.75, 3.05) is 0 Å². The molecule has 0 fully saturated rings. The van der Waals surface area contributed by atoms with Crippen LogP contribution < -0.4 is 10.7 Å². The lowest BCUT2D eigenvalue weighted by molar-refractivity contribution is 0.0949. The molecule has 128 valence electrons. The van der Waals surface area contributed by atoms with E-state index in [0.29, 0.717) is 11.9 Å². The molecule has 3 aromatic rings. The van der Waals surface area contributed by atoms with Crippen molar-refractivity contribution in [3.8, 4) is 0 Å². The first-order valence-electron chi connectivity index (χ1n) is 8.30. The Balaban J connectivity index is 1.65. The Morgan fingerprint density at radius 1 is 1.40 bits per heavy atom. The molecule has 4 rings (SSSR count). The number of aromatic nitrogens is 3. The lowest BCUT2D eigenvalue weighted by Crippen LogP contribution is -2.29. The molecule has 0 atom stereocenters. The minimum atomic E-state index is -0.351. The van der Waals surface area contributed by atoms with Gasteiger partial charge in [-0.1, -0.05) is 30.5 Å². The van der Waals surface area contributed by atoms with E-state index in [2.05, 4.69) is 14.9 Å². The highest BCUT2D eigenvalue weighted by Gasteiger charge is 2.21. The Hall–Kier alpha value is -2.54. The van der Waals surface area contributed by atoms with Crippen molar-refractivity contribution in [1.29, 1.82) is 0 Å². The van der Waals surface area contributed by atoms with Gasteiger partial charge in [0.15, 0.2) is 0 Å². The Kier molecular flexibility index (Phi) is 3.88. The summed E-state index contributed by atoms with van der Waals surface area (Å²) < 4.78 is 5.97. The van der Waals surface area contributed by atoms with Crippen LogP contribution in [0.4, 0.5) is 0 Å². The zero-order valence-electron chi connectivity index (χ0n) is 14.1. The number of para-hydroxylation sites is 1. The molecule has 1 aromatic carbocycles. The quantitative estimate of drug-likeness (QED) is 0.781. The summed E-state index contributed by atoms with van der Waals surface area (Å²) in [5.74, 6) is -0.105. The molecule has 2 aromatic heterocycles. The van der Waals surface area contributed by atoms with Gasteiger partial charge in [-0.05, 0) is 35.5 Å². The number of nitrogens with zero attached hydrogens (tertiary/aromatic N) is 3. The summed E-state index contributed by atoms with van der Waals surface area (Å²) in [6.07, 6.45) is 2.58. The fourth-order valence-electron chi connectivity index (χ4n) is 3.35. The van der Waals surface area contributed by atoms with Crippen molar-refractivity contribution in [1.82, 2.24) is 19.5 Å². The van der Waals surface area contributed by atoms with Crippen LogP contribution in [0.5, 0.6) is 0 Å². The van der Waals surface area contributed by atoms with E-state index in [4.69, 9.17) is 0 Å². The average molecular weight is 354 g/mol. The number of carbonyl (C=O) groups is 1. The van der Waals surface area contributed by atoms with Gasteiger partial charge in [0.1, 0.15) is 5.56 Å². The number of nitrogens with one attached hydrogen (secondary N) is 1. The predicted molar refractivity (Wildman–Crippen MR) is 97.1 cm³/mol. The van der Waals surface area contributed by atoms with Crippen LogP contribution in [0.3, 0.4) is 0 Å².